The summed E-state index contributed by atoms with van der Waals surface area (Å²) in [6.45, 7) is 2.40. The summed E-state index contributed by atoms with van der Waals surface area (Å²) in [5.74, 6) is 0.888. The summed E-state index contributed by atoms with van der Waals surface area (Å²) in [5.41, 5.74) is 3.69. The van der Waals surface area contributed by atoms with Crippen LogP contribution in [0.15, 0.2) is 46.0 Å². The van der Waals surface area contributed by atoms with Crippen molar-refractivity contribution in [1.29, 1.82) is 0 Å². The minimum absolute atomic E-state index is 0.319. The van der Waals surface area contributed by atoms with Crippen molar-refractivity contribution in [3.05, 3.63) is 57.0 Å². The van der Waals surface area contributed by atoms with E-state index in [0.717, 1.165) is 10.0 Å². The average Bonchev–Trinajstić information content (AvgIpc) is 2.55. The molecule has 0 aliphatic rings. The first-order valence-electron chi connectivity index (χ1n) is 7.14. The molecule has 1 amide bonds. The number of nitrogens with zero attached hydrogens (tertiary/aromatic N) is 1. The highest BCUT2D eigenvalue weighted by atomic mass is 79.9. The van der Waals surface area contributed by atoms with E-state index in [0.29, 0.717) is 28.7 Å². The summed E-state index contributed by atoms with van der Waals surface area (Å²) in [4.78, 5) is 12.0. The van der Waals surface area contributed by atoms with Crippen molar-refractivity contribution in [1.82, 2.24) is 5.43 Å². The number of hydrogen-bond acceptors (Lipinski definition) is 4. The number of hydrogen-bond donors (Lipinski definition) is 1. The van der Waals surface area contributed by atoms with Crippen LogP contribution >= 0.6 is 27.5 Å². The largest absolute Gasteiger partial charge is 0.492 e. The van der Waals surface area contributed by atoms with Crippen LogP contribution in [0.5, 0.6) is 11.5 Å². The number of carbonyl (C=O) groups excluding carboxylic acids is 1. The summed E-state index contributed by atoms with van der Waals surface area (Å²) in [5, 5.41) is 4.53. The Bertz CT molecular complexity index is 748. The van der Waals surface area contributed by atoms with Gasteiger partial charge in [-0.1, -0.05) is 11.6 Å². The first kappa shape index (κ1) is 18.3. The molecule has 0 heterocycles. The van der Waals surface area contributed by atoms with Crippen molar-refractivity contribution in [2.24, 2.45) is 5.10 Å². The van der Waals surface area contributed by atoms with Crippen LogP contribution in [0.1, 0.15) is 22.8 Å². The number of benzene rings is 2. The summed E-state index contributed by atoms with van der Waals surface area (Å²) >= 11 is 9.22. The second kappa shape index (κ2) is 8.70. The zero-order valence-electron chi connectivity index (χ0n) is 13.2. The molecule has 2 aromatic carbocycles. The van der Waals surface area contributed by atoms with E-state index in [1.165, 1.54) is 6.21 Å². The van der Waals surface area contributed by atoms with Crippen LogP contribution in [-0.4, -0.2) is 25.8 Å². The number of halogens is 2. The van der Waals surface area contributed by atoms with E-state index < -0.39 is 0 Å². The quantitative estimate of drug-likeness (QED) is 0.570. The van der Waals surface area contributed by atoms with Gasteiger partial charge in [0.15, 0.2) is 11.5 Å². The number of hydrazone groups is 1. The molecule has 0 fully saturated rings. The Balaban J connectivity index is 2.11. The summed E-state index contributed by atoms with van der Waals surface area (Å²) in [6.07, 6.45) is 1.53. The highest BCUT2D eigenvalue weighted by molar-refractivity contribution is 9.10. The molecule has 5 nitrogen and oxygen atoms in total. The van der Waals surface area contributed by atoms with Gasteiger partial charge in [0.05, 0.1) is 24.4 Å². The molecule has 126 valence electrons. The second-order valence-corrected chi connectivity index (χ2v) is 5.96. The molecule has 0 aliphatic heterocycles. The van der Waals surface area contributed by atoms with E-state index in [9.17, 15) is 4.79 Å². The van der Waals surface area contributed by atoms with Gasteiger partial charge in [-0.2, -0.15) is 5.10 Å². The Labute approximate surface area is 153 Å². The number of ether oxygens (including phenoxy) is 2. The van der Waals surface area contributed by atoms with E-state index in [4.69, 9.17) is 21.1 Å². The number of nitrogens with one attached hydrogen (secondary N) is 1. The molecule has 0 unspecified atom stereocenters. The summed E-state index contributed by atoms with van der Waals surface area (Å²) in [6, 6.07) is 10.2. The van der Waals surface area contributed by atoms with Crippen LogP contribution in [0.3, 0.4) is 0 Å². The molecule has 2 aromatic rings. The Kier molecular flexibility index (Phi) is 6.63. The molecular weight excluding hydrogens is 396 g/mol. The van der Waals surface area contributed by atoms with Crippen molar-refractivity contribution in [2.45, 2.75) is 6.92 Å². The fourth-order valence-corrected chi connectivity index (χ4v) is 2.70. The minimum Gasteiger partial charge on any atom is -0.492 e. The zero-order chi connectivity index (χ0) is 17.5. The van der Waals surface area contributed by atoms with Gasteiger partial charge in [-0.15, -0.1) is 0 Å². The lowest BCUT2D eigenvalue weighted by Crippen LogP contribution is -2.17. The molecule has 0 saturated carbocycles. The normalized spacial score (nSPS) is 10.7. The predicted molar refractivity (Wildman–Crippen MR) is 98.4 cm³/mol. The number of amides is 1. The SMILES string of the molecule is CCOc1cc(/C=N\NC(=O)c2ccc(Cl)cc2)cc(Br)c1OC. The van der Waals surface area contributed by atoms with Crippen LogP contribution in [0.4, 0.5) is 0 Å². The number of rotatable bonds is 6. The Morgan fingerprint density at radius 2 is 2.04 bits per heavy atom. The fraction of sp³-hybridized carbons (Fsp3) is 0.176. The molecule has 0 aromatic heterocycles. The van der Waals surface area contributed by atoms with Crippen molar-refractivity contribution in [3.8, 4) is 11.5 Å². The molecule has 0 spiro atoms. The van der Waals surface area contributed by atoms with Crippen molar-refractivity contribution in [2.75, 3.05) is 13.7 Å². The molecule has 0 atom stereocenters. The minimum atomic E-state index is -0.319. The van der Waals surface area contributed by atoms with Crippen molar-refractivity contribution < 1.29 is 14.3 Å². The molecule has 0 saturated heterocycles. The molecule has 2 rings (SSSR count). The maximum absolute atomic E-state index is 12.0. The van der Waals surface area contributed by atoms with Gasteiger partial charge in [0.25, 0.3) is 5.91 Å². The molecular formula is C17H16BrClN2O3. The van der Waals surface area contributed by atoms with Crippen LogP contribution in [0.2, 0.25) is 5.02 Å². The Morgan fingerprint density at radius 3 is 2.67 bits per heavy atom. The molecule has 1 N–H and O–H groups in total. The topological polar surface area (TPSA) is 59.9 Å². The van der Waals surface area contributed by atoms with Gasteiger partial charge in [-0.05, 0) is 64.8 Å². The van der Waals surface area contributed by atoms with E-state index in [-0.39, 0.29) is 5.91 Å². The standard InChI is InChI=1S/C17H16BrClN2O3/c1-3-24-15-9-11(8-14(18)16(15)23-2)10-20-21-17(22)12-4-6-13(19)7-5-12/h4-10H,3H2,1-2H3,(H,21,22)/b20-10-. The molecule has 0 aliphatic carbocycles. The maximum Gasteiger partial charge on any atom is 0.271 e. The van der Waals surface area contributed by atoms with Gasteiger partial charge in [-0.3, -0.25) is 4.79 Å². The van der Waals surface area contributed by atoms with E-state index in [2.05, 4.69) is 26.5 Å². The third kappa shape index (κ3) is 4.72. The molecule has 7 heteroatoms. The smallest absolute Gasteiger partial charge is 0.271 e. The third-order valence-electron chi connectivity index (χ3n) is 3.02. The van der Waals surface area contributed by atoms with Gasteiger partial charge in [0.2, 0.25) is 0 Å². The summed E-state index contributed by atoms with van der Waals surface area (Å²) in [7, 11) is 1.57. The van der Waals surface area contributed by atoms with Crippen molar-refractivity contribution >= 4 is 39.7 Å². The molecule has 24 heavy (non-hydrogen) atoms. The van der Waals surface area contributed by atoms with Crippen LogP contribution in [0, 0.1) is 0 Å². The van der Waals surface area contributed by atoms with Gasteiger partial charge in [0, 0.05) is 10.6 Å². The highest BCUT2D eigenvalue weighted by Crippen LogP contribution is 2.36. The van der Waals surface area contributed by atoms with Gasteiger partial charge in [0.1, 0.15) is 0 Å². The molecule has 0 radical (unpaired) electrons. The lowest BCUT2D eigenvalue weighted by atomic mass is 10.2. The molecule has 0 bridgehead atoms. The first-order chi connectivity index (χ1) is 11.5. The van der Waals surface area contributed by atoms with Crippen molar-refractivity contribution in [3.63, 3.8) is 0 Å². The Hall–Kier alpha value is -2.05. The fourth-order valence-electron chi connectivity index (χ4n) is 1.95. The van der Waals surface area contributed by atoms with Gasteiger partial charge < -0.3 is 9.47 Å². The van der Waals surface area contributed by atoms with Crippen LogP contribution in [0.25, 0.3) is 0 Å². The zero-order valence-corrected chi connectivity index (χ0v) is 15.5. The van der Waals surface area contributed by atoms with Crippen LogP contribution < -0.4 is 14.9 Å². The highest BCUT2D eigenvalue weighted by Gasteiger charge is 2.10. The van der Waals surface area contributed by atoms with E-state index in [1.807, 2.05) is 13.0 Å². The van der Waals surface area contributed by atoms with Gasteiger partial charge in [-0.25, -0.2) is 5.43 Å². The Morgan fingerprint density at radius 1 is 1.33 bits per heavy atom. The third-order valence-corrected chi connectivity index (χ3v) is 3.86. The van der Waals surface area contributed by atoms with Gasteiger partial charge >= 0.3 is 0 Å². The lowest BCUT2D eigenvalue weighted by molar-refractivity contribution is 0.0955. The monoisotopic (exact) mass is 410 g/mol. The maximum atomic E-state index is 12.0. The number of methoxy groups -OCH3 is 1. The lowest BCUT2D eigenvalue weighted by Gasteiger charge is -2.11. The average molecular weight is 412 g/mol. The predicted octanol–water partition coefficient (Wildman–Crippen LogP) is 4.27. The van der Waals surface area contributed by atoms with Crippen LogP contribution in [-0.2, 0) is 0 Å². The second-order valence-electron chi connectivity index (χ2n) is 4.67. The first-order valence-corrected chi connectivity index (χ1v) is 8.31. The summed E-state index contributed by atoms with van der Waals surface area (Å²) < 4.78 is 11.6. The van der Waals surface area contributed by atoms with E-state index >= 15 is 0 Å². The van der Waals surface area contributed by atoms with E-state index in [1.54, 1.807) is 37.4 Å². The number of carbonyl (C=O) groups is 1.